The number of rotatable bonds is 2. The summed E-state index contributed by atoms with van der Waals surface area (Å²) < 4.78 is 38.0. The molecule has 0 aliphatic rings. The minimum absolute atomic E-state index is 0.0844. The van der Waals surface area contributed by atoms with Crippen molar-refractivity contribution in [1.82, 2.24) is 14.8 Å². The highest BCUT2D eigenvalue weighted by Gasteiger charge is 2.22. The molecule has 0 aromatic carbocycles. The normalized spacial score (nSPS) is 12.7. The highest BCUT2D eigenvalue weighted by molar-refractivity contribution is 6.33. The Morgan fingerprint density at radius 1 is 1.37 bits per heavy atom. The first kappa shape index (κ1) is 13.9. The van der Waals surface area contributed by atoms with Crippen LogP contribution in [0.25, 0.3) is 10.9 Å². The second-order valence-electron chi connectivity index (χ2n) is 4.16. The van der Waals surface area contributed by atoms with Crippen molar-refractivity contribution in [3.63, 3.8) is 0 Å². The molecule has 0 unspecified atom stereocenters. The van der Waals surface area contributed by atoms with Crippen molar-refractivity contribution in [3.8, 4) is 0 Å². The van der Waals surface area contributed by atoms with Gasteiger partial charge in [-0.05, 0) is 19.4 Å². The molecule has 2 aromatic heterocycles. The Bertz CT molecular complexity index is 644. The number of hydrogen-bond acceptors (Lipinski definition) is 2. The lowest BCUT2D eigenvalue weighted by molar-refractivity contribution is -0.0800. The van der Waals surface area contributed by atoms with Crippen LogP contribution in [0.3, 0.4) is 0 Å². The average molecular weight is 290 g/mol. The van der Waals surface area contributed by atoms with Crippen molar-refractivity contribution >= 4 is 22.5 Å². The van der Waals surface area contributed by atoms with Gasteiger partial charge < -0.3 is 4.57 Å². The third-order valence-corrected chi connectivity index (χ3v) is 3.25. The van der Waals surface area contributed by atoms with E-state index in [1.165, 1.54) is 0 Å². The van der Waals surface area contributed by atoms with E-state index in [4.69, 9.17) is 11.6 Å². The smallest absolute Gasteiger partial charge is 0.338 e. The van der Waals surface area contributed by atoms with E-state index < -0.39 is 6.18 Å². The molecule has 0 fully saturated rings. The number of aromatic nitrogens is 3. The standard InChI is InChI=1S/C12H11ClF3N3/c1-7-8(2)19(5-3-4-12(14,15)16)10-9(7)6-17-18-11(10)13/h3-4,6H,5H2,1-2H3. The predicted octanol–water partition coefficient (Wildman–Crippen LogP) is 3.82. The second-order valence-corrected chi connectivity index (χ2v) is 4.52. The van der Waals surface area contributed by atoms with Crippen LogP contribution in [-0.4, -0.2) is 20.9 Å². The van der Waals surface area contributed by atoms with Gasteiger partial charge in [0, 0.05) is 23.7 Å². The van der Waals surface area contributed by atoms with Gasteiger partial charge in [-0.15, -0.1) is 5.10 Å². The van der Waals surface area contributed by atoms with Crippen LogP contribution in [0.5, 0.6) is 0 Å². The first-order valence-corrected chi connectivity index (χ1v) is 5.90. The molecule has 19 heavy (non-hydrogen) atoms. The summed E-state index contributed by atoms with van der Waals surface area (Å²) >= 11 is 5.98. The summed E-state index contributed by atoms with van der Waals surface area (Å²) in [6, 6.07) is 0. The van der Waals surface area contributed by atoms with Gasteiger partial charge in [0.05, 0.1) is 11.7 Å². The van der Waals surface area contributed by atoms with Crippen LogP contribution in [-0.2, 0) is 6.54 Å². The van der Waals surface area contributed by atoms with Gasteiger partial charge in [0.15, 0.2) is 5.15 Å². The van der Waals surface area contributed by atoms with Crippen LogP contribution in [0.15, 0.2) is 18.3 Å². The van der Waals surface area contributed by atoms with Crippen molar-refractivity contribution < 1.29 is 13.2 Å². The van der Waals surface area contributed by atoms with Crippen molar-refractivity contribution in [2.45, 2.75) is 26.6 Å². The Morgan fingerprint density at radius 2 is 2.05 bits per heavy atom. The fraction of sp³-hybridized carbons (Fsp3) is 0.333. The molecule has 2 heterocycles. The second kappa shape index (κ2) is 4.85. The molecule has 2 rings (SSSR count). The van der Waals surface area contributed by atoms with E-state index >= 15 is 0 Å². The number of halogens is 4. The van der Waals surface area contributed by atoms with Crippen LogP contribution in [0.1, 0.15) is 11.3 Å². The van der Waals surface area contributed by atoms with Crippen LogP contribution < -0.4 is 0 Å². The third kappa shape index (κ3) is 2.73. The molecule has 0 spiro atoms. The van der Waals surface area contributed by atoms with Crippen molar-refractivity contribution in [1.29, 1.82) is 0 Å². The summed E-state index contributed by atoms with van der Waals surface area (Å²) in [6.07, 6.45) is -1.47. The van der Waals surface area contributed by atoms with Gasteiger partial charge in [-0.25, -0.2) is 0 Å². The van der Waals surface area contributed by atoms with E-state index in [0.717, 1.165) is 22.7 Å². The average Bonchev–Trinajstić information content (AvgIpc) is 2.54. The highest BCUT2D eigenvalue weighted by atomic mass is 35.5. The molecule has 0 radical (unpaired) electrons. The molecule has 0 saturated carbocycles. The van der Waals surface area contributed by atoms with Gasteiger partial charge in [-0.2, -0.15) is 18.3 Å². The molecule has 0 atom stereocenters. The minimum atomic E-state index is -4.31. The molecule has 7 heteroatoms. The van der Waals surface area contributed by atoms with Crippen LogP contribution >= 0.6 is 11.6 Å². The predicted molar refractivity (Wildman–Crippen MR) is 67.2 cm³/mol. The topological polar surface area (TPSA) is 30.7 Å². The van der Waals surface area contributed by atoms with Crippen molar-refractivity contribution in [2.75, 3.05) is 0 Å². The quantitative estimate of drug-likeness (QED) is 0.787. The Balaban J connectivity index is 2.49. The molecular formula is C12H11ClF3N3. The maximum absolute atomic E-state index is 12.1. The molecule has 0 aliphatic carbocycles. The molecule has 0 amide bonds. The first-order chi connectivity index (χ1) is 8.81. The largest absolute Gasteiger partial charge is 0.409 e. The summed E-state index contributed by atoms with van der Waals surface area (Å²) in [5.41, 5.74) is 2.39. The van der Waals surface area contributed by atoms with Crippen LogP contribution in [0.2, 0.25) is 5.15 Å². The van der Waals surface area contributed by atoms with E-state index in [1.807, 2.05) is 13.8 Å². The van der Waals surface area contributed by atoms with E-state index in [1.54, 1.807) is 10.8 Å². The van der Waals surface area contributed by atoms with E-state index in [9.17, 15) is 13.2 Å². The van der Waals surface area contributed by atoms with E-state index in [2.05, 4.69) is 10.2 Å². The number of aryl methyl sites for hydroxylation is 1. The summed E-state index contributed by atoms with van der Waals surface area (Å²) in [6.45, 7) is 3.79. The zero-order valence-electron chi connectivity index (χ0n) is 10.3. The van der Waals surface area contributed by atoms with Crippen molar-refractivity contribution in [3.05, 3.63) is 34.8 Å². The third-order valence-electron chi connectivity index (χ3n) is 3.00. The number of fused-ring (bicyclic) bond motifs is 1. The monoisotopic (exact) mass is 289 g/mol. The number of hydrogen-bond donors (Lipinski definition) is 0. The van der Waals surface area contributed by atoms with E-state index in [-0.39, 0.29) is 17.8 Å². The SMILES string of the molecule is Cc1c(C)n(CC=CC(F)(F)F)c2c(Cl)nncc12. The van der Waals surface area contributed by atoms with Gasteiger partial charge in [0.25, 0.3) is 0 Å². The van der Waals surface area contributed by atoms with Gasteiger partial charge in [-0.1, -0.05) is 17.7 Å². The van der Waals surface area contributed by atoms with Crippen LogP contribution in [0, 0.1) is 13.8 Å². The molecule has 0 aliphatic heterocycles. The first-order valence-electron chi connectivity index (χ1n) is 5.52. The lowest BCUT2D eigenvalue weighted by Gasteiger charge is -2.06. The molecule has 0 bridgehead atoms. The highest BCUT2D eigenvalue weighted by Crippen LogP contribution is 2.28. The zero-order valence-corrected chi connectivity index (χ0v) is 11.0. The van der Waals surface area contributed by atoms with Gasteiger partial charge in [-0.3, -0.25) is 0 Å². The molecule has 0 N–H and O–H groups in total. The molecule has 0 saturated heterocycles. The molecular weight excluding hydrogens is 279 g/mol. The summed E-state index contributed by atoms with van der Waals surface area (Å²) in [7, 11) is 0. The minimum Gasteiger partial charge on any atom is -0.338 e. The number of alkyl halides is 3. The zero-order chi connectivity index (χ0) is 14.2. The summed E-state index contributed by atoms with van der Waals surface area (Å²) in [4.78, 5) is 0. The van der Waals surface area contributed by atoms with Crippen molar-refractivity contribution in [2.24, 2.45) is 0 Å². The maximum atomic E-state index is 12.1. The molecule has 2 aromatic rings. The fourth-order valence-corrected chi connectivity index (χ4v) is 2.22. The van der Waals surface area contributed by atoms with Crippen LogP contribution in [0.4, 0.5) is 13.2 Å². The fourth-order valence-electron chi connectivity index (χ4n) is 1.97. The lowest BCUT2D eigenvalue weighted by atomic mass is 10.2. The Hall–Kier alpha value is -1.56. The summed E-state index contributed by atoms with van der Waals surface area (Å²) in [5.74, 6) is 0. The Labute approximate surface area is 112 Å². The Morgan fingerprint density at radius 3 is 2.68 bits per heavy atom. The summed E-state index contributed by atoms with van der Waals surface area (Å²) in [5, 5.41) is 8.47. The van der Waals surface area contributed by atoms with E-state index in [0.29, 0.717) is 5.52 Å². The maximum Gasteiger partial charge on any atom is 0.409 e. The van der Waals surface area contributed by atoms with Gasteiger partial charge >= 0.3 is 6.18 Å². The number of nitrogens with zero attached hydrogens (tertiary/aromatic N) is 3. The van der Waals surface area contributed by atoms with Gasteiger partial charge in [0.2, 0.25) is 0 Å². The lowest BCUT2D eigenvalue weighted by Crippen LogP contribution is -2.04. The number of allylic oxidation sites excluding steroid dienone is 2. The van der Waals surface area contributed by atoms with Gasteiger partial charge in [0.1, 0.15) is 0 Å². The Kier molecular flexibility index (Phi) is 3.54. The molecule has 102 valence electrons. The molecule has 3 nitrogen and oxygen atoms in total.